The van der Waals surface area contributed by atoms with Crippen molar-refractivity contribution in [1.82, 2.24) is 0 Å². The van der Waals surface area contributed by atoms with E-state index in [4.69, 9.17) is 10.2 Å². The summed E-state index contributed by atoms with van der Waals surface area (Å²) in [6, 6.07) is 5.86. The summed E-state index contributed by atoms with van der Waals surface area (Å²) < 4.78 is 18.9. The Kier molecular flexibility index (Phi) is 4.18. The van der Waals surface area contributed by atoms with Gasteiger partial charge in [0.05, 0.1) is 24.1 Å². The summed E-state index contributed by atoms with van der Waals surface area (Å²) in [4.78, 5) is 11.9. The predicted molar refractivity (Wildman–Crippen MR) is 73.7 cm³/mol. The molecule has 0 bridgehead atoms. The summed E-state index contributed by atoms with van der Waals surface area (Å²) in [5, 5.41) is 2.49. The van der Waals surface area contributed by atoms with Gasteiger partial charge in [0.15, 0.2) is 0 Å². The highest BCUT2D eigenvalue weighted by atomic mass is 19.1. The van der Waals surface area contributed by atoms with Crippen LogP contribution in [-0.4, -0.2) is 12.5 Å². The van der Waals surface area contributed by atoms with Crippen LogP contribution in [0.1, 0.15) is 21.7 Å². The molecule has 0 atom stereocenters. The maximum absolute atomic E-state index is 13.8. The molecule has 0 radical (unpaired) electrons. The Labute approximate surface area is 115 Å². The maximum atomic E-state index is 13.8. The molecule has 0 aliphatic heterocycles. The van der Waals surface area contributed by atoms with E-state index in [1.165, 1.54) is 24.5 Å². The molecule has 3 N–H and O–H groups in total. The van der Waals surface area contributed by atoms with Crippen molar-refractivity contribution in [3.63, 3.8) is 0 Å². The molecule has 2 aromatic rings. The second-order valence-electron chi connectivity index (χ2n) is 4.05. The van der Waals surface area contributed by atoms with E-state index >= 15 is 0 Å². The molecule has 0 saturated carbocycles. The van der Waals surface area contributed by atoms with Gasteiger partial charge in [0.1, 0.15) is 11.6 Å². The van der Waals surface area contributed by atoms with Crippen molar-refractivity contribution >= 4 is 11.6 Å². The van der Waals surface area contributed by atoms with Crippen molar-refractivity contribution in [1.29, 1.82) is 0 Å². The highest BCUT2D eigenvalue weighted by Gasteiger charge is 2.13. The zero-order chi connectivity index (χ0) is 14.5. The van der Waals surface area contributed by atoms with Crippen LogP contribution >= 0.6 is 0 Å². The van der Waals surface area contributed by atoms with Crippen LogP contribution in [0.25, 0.3) is 0 Å². The molecule has 0 unspecified atom stereocenters. The van der Waals surface area contributed by atoms with E-state index in [1.54, 1.807) is 13.0 Å². The predicted octanol–water partition coefficient (Wildman–Crippen LogP) is 2.29. The van der Waals surface area contributed by atoms with Crippen LogP contribution in [-0.2, 0) is 0 Å². The standard InChI is InChI=1S/C15H13FN2O2/c1-10-12(6-8-20-10)15(19)18-14-5-4-11(3-2-7-17)9-13(14)16/h4-6,8-9H,7,17H2,1H3,(H,18,19). The number of furan rings is 1. The SMILES string of the molecule is Cc1occc1C(=O)Nc1ccc(C#CCN)cc1F. The number of rotatable bonds is 2. The van der Waals surface area contributed by atoms with E-state index in [9.17, 15) is 9.18 Å². The molecule has 0 aliphatic carbocycles. The molecule has 0 aliphatic rings. The second kappa shape index (κ2) is 6.04. The fraction of sp³-hybridized carbons (Fsp3) is 0.133. The Hall–Kier alpha value is -2.58. The lowest BCUT2D eigenvalue weighted by Crippen LogP contribution is -2.13. The second-order valence-corrected chi connectivity index (χ2v) is 4.05. The molecular formula is C15H13FN2O2. The fourth-order valence-electron chi connectivity index (χ4n) is 1.66. The van der Waals surface area contributed by atoms with Crippen molar-refractivity contribution in [2.75, 3.05) is 11.9 Å². The summed E-state index contributed by atoms with van der Waals surface area (Å²) >= 11 is 0. The molecule has 1 aromatic heterocycles. The first-order chi connectivity index (χ1) is 9.61. The Morgan fingerprint density at radius 2 is 2.25 bits per heavy atom. The van der Waals surface area contributed by atoms with Crippen LogP contribution in [0.5, 0.6) is 0 Å². The van der Waals surface area contributed by atoms with Crippen LogP contribution in [0.3, 0.4) is 0 Å². The largest absolute Gasteiger partial charge is 0.469 e. The van der Waals surface area contributed by atoms with E-state index in [-0.39, 0.29) is 12.2 Å². The van der Waals surface area contributed by atoms with Gasteiger partial charge in [-0.2, -0.15) is 0 Å². The van der Waals surface area contributed by atoms with Gasteiger partial charge < -0.3 is 15.5 Å². The molecule has 5 heteroatoms. The quantitative estimate of drug-likeness (QED) is 0.824. The number of aryl methyl sites for hydroxylation is 1. The Balaban J connectivity index is 2.18. The lowest BCUT2D eigenvalue weighted by Gasteiger charge is -2.06. The number of anilines is 1. The van der Waals surface area contributed by atoms with Gasteiger partial charge in [0, 0.05) is 5.56 Å². The van der Waals surface area contributed by atoms with Crippen molar-refractivity contribution in [3.8, 4) is 11.8 Å². The fourth-order valence-corrected chi connectivity index (χ4v) is 1.66. The zero-order valence-corrected chi connectivity index (χ0v) is 10.9. The Bertz CT molecular complexity index is 695. The average Bonchev–Trinajstić information content (AvgIpc) is 2.85. The Morgan fingerprint density at radius 3 is 2.85 bits per heavy atom. The topological polar surface area (TPSA) is 68.3 Å². The van der Waals surface area contributed by atoms with Crippen LogP contribution in [0.4, 0.5) is 10.1 Å². The van der Waals surface area contributed by atoms with Crippen molar-refractivity contribution in [3.05, 3.63) is 53.2 Å². The van der Waals surface area contributed by atoms with Gasteiger partial charge >= 0.3 is 0 Å². The van der Waals surface area contributed by atoms with E-state index in [0.717, 1.165) is 0 Å². The third-order valence-corrected chi connectivity index (χ3v) is 2.66. The highest BCUT2D eigenvalue weighted by Crippen LogP contribution is 2.18. The summed E-state index contributed by atoms with van der Waals surface area (Å²) in [7, 11) is 0. The Morgan fingerprint density at radius 1 is 1.45 bits per heavy atom. The number of nitrogens with one attached hydrogen (secondary N) is 1. The molecule has 0 fully saturated rings. The molecule has 4 nitrogen and oxygen atoms in total. The van der Waals surface area contributed by atoms with Gasteiger partial charge in [-0.25, -0.2) is 4.39 Å². The molecule has 2 rings (SSSR count). The lowest BCUT2D eigenvalue weighted by molar-refractivity contribution is 0.102. The van der Waals surface area contributed by atoms with Gasteiger partial charge in [0.25, 0.3) is 5.91 Å². The number of hydrogen-bond donors (Lipinski definition) is 2. The van der Waals surface area contributed by atoms with Gasteiger partial charge in [-0.15, -0.1) is 0 Å². The van der Waals surface area contributed by atoms with Crippen LogP contribution in [0.2, 0.25) is 0 Å². The van der Waals surface area contributed by atoms with Gasteiger partial charge in [0.2, 0.25) is 0 Å². The number of hydrogen-bond acceptors (Lipinski definition) is 3. The van der Waals surface area contributed by atoms with Crippen molar-refractivity contribution < 1.29 is 13.6 Å². The molecule has 102 valence electrons. The number of benzene rings is 1. The normalized spacial score (nSPS) is 9.75. The summed E-state index contributed by atoms with van der Waals surface area (Å²) in [6.45, 7) is 1.87. The van der Waals surface area contributed by atoms with E-state index in [0.29, 0.717) is 16.9 Å². The lowest BCUT2D eigenvalue weighted by atomic mass is 10.2. The first-order valence-electron chi connectivity index (χ1n) is 5.95. The maximum Gasteiger partial charge on any atom is 0.259 e. The number of carbonyl (C=O) groups excluding carboxylic acids is 1. The summed E-state index contributed by atoms with van der Waals surface area (Å²) in [5.74, 6) is 4.86. The van der Waals surface area contributed by atoms with Crippen molar-refractivity contribution in [2.45, 2.75) is 6.92 Å². The zero-order valence-electron chi connectivity index (χ0n) is 10.9. The summed E-state index contributed by atoms with van der Waals surface area (Å²) in [6.07, 6.45) is 1.41. The van der Waals surface area contributed by atoms with Gasteiger partial charge in [-0.1, -0.05) is 11.8 Å². The number of amides is 1. The molecule has 1 amide bonds. The van der Waals surface area contributed by atoms with Gasteiger partial charge in [-0.3, -0.25) is 4.79 Å². The summed E-state index contributed by atoms with van der Waals surface area (Å²) in [5.41, 5.74) is 6.21. The average molecular weight is 272 g/mol. The van der Waals surface area contributed by atoms with Crippen LogP contribution in [0.15, 0.2) is 34.9 Å². The molecule has 1 heterocycles. The third kappa shape index (κ3) is 3.05. The first kappa shape index (κ1) is 13.8. The molecule has 20 heavy (non-hydrogen) atoms. The third-order valence-electron chi connectivity index (χ3n) is 2.66. The van der Waals surface area contributed by atoms with E-state index < -0.39 is 11.7 Å². The minimum absolute atomic E-state index is 0.0916. The van der Waals surface area contributed by atoms with E-state index in [1.807, 2.05) is 0 Å². The smallest absolute Gasteiger partial charge is 0.259 e. The minimum Gasteiger partial charge on any atom is -0.469 e. The first-order valence-corrected chi connectivity index (χ1v) is 5.95. The number of halogens is 1. The molecular weight excluding hydrogens is 259 g/mol. The minimum atomic E-state index is -0.552. The number of nitrogens with two attached hydrogens (primary N) is 1. The van der Waals surface area contributed by atoms with Crippen LogP contribution < -0.4 is 11.1 Å². The molecule has 0 spiro atoms. The van der Waals surface area contributed by atoms with E-state index in [2.05, 4.69) is 17.2 Å². The van der Waals surface area contributed by atoms with Gasteiger partial charge in [-0.05, 0) is 31.2 Å². The van der Waals surface area contributed by atoms with Crippen molar-refractivity contribution in [2.24, 2.45) is 5.73 Å². The monoisotopic (exact) mass is 272 g/mol. The molecule has 1 aromatic carbocycles. The molecule has 0 saturated heterocycles. The number of carbonyl (C=O) groups is 1. The van der Waals surface area contributed by atoms with Crippen LogP contribution in [0, 0.1) is 24.6 Å². The highest BCUT2D eigenvalue weighted by molar-refractivity contribution is 6.04.